The number of para-hydroxylation sites is 2. The maximum atomic E-state index is 12.2. The van der Waals surface area contributed by atoms with E-state index in [1.54, 1.807) is 24.3 Å². The Balaban J connectivity index is 1.26. The number of hydrogen-bond acceptors (Lipinski definition) is 3. The van der Waals surface area contributed by atoms with E-state index in [2.05, 4.69) is 47.1 Å². The van der Waals surface area contributed by atoms with Gasteiger partial charge in [0.2, 0.25) is 0 Å². The number of aromatic nitrogens is 2. The zero-order chi connectivity index (χ0) is 23.8. The number of hydrogen-bond donors (Lipinski definition) is 1. The molecule has 0 radical (unpaired) electrons. The van der Waals surface area contributed by atoms with Gasteiger partial charge in [-0.15, -0.1) is 0 Å². The number of unbranched alkanes of at least 4 members (excludes halogenated alkanes) is 2. The Morgan fingerprint density at radius 3 is 2.65 bits per heavy atom. The first-order chi connectivity index (χ1) is 16.6. The average Bonchev–Trinajstić information content (AvgIpc) is 3.19. The smallest absolute Gasteiger partial charge is 0.251 e. The van der Waals surface area contributed by atoms with Crippen LogP contribution in [0.2, 0.25) is 5.02 Å². The third-order valence-corrected chi connectivity index (χ3v) is 6.03. The summed E-state index contributed by atoms with van der Waals surface area (Å²) in [5, 5.41) is 3.61. The van der Waals surface area contributed by atoms with Crippen molar-refractivity contribution in [1.29, 1.82) is 0 Å². The summed E-state index contributed by atoms with van der Waals surface area (Å²) < 4.78 is 8.26. The molecule has 6 heteroatoms. The van der Waals surface area contributed by atoms with Gasteiger partial charge in [-0.3, -0.25) is 4.79 Å². The normalized spacial score (nSPS) is 11.0. The van der Waals surface area contributed by atoms with Crippen molar-refractivity contribution in [2.45, 2.75) is 39.2 Å². The summed E-state index contributed by atoms with van der Waals surface area (Å²) in [7, 11) is 0. The molecule has 1 N–H and O–H groups in total. The van der Waals surface area contributed by atoms with E-state index < -0.39 is 0 Å². The van der Waals surface area contributed by atoms with Crippen LogP contribution < -0.4 is 10.1 Å². The molecule has 1 aromatic heterocycles. The van der Waals surface area contributed by atoms with Crippen LogP contribution in [-0.4, -0.2) is 28.6 Å². The number of carbonyl (C=O) groups excluding carboxylic acids is 1. The van der Waals surface area contributed by atoms with Gasteiger partial charge in [-0.25, -0.2) is 4.98 Å². The van der Waals surface area contributed by atoms with E-state index >= 15 is 0 Å². The minimum atomic E-state index is -0.0629. The van der Waals surface area contributed by atoms with Crippen molar-refractivity contribution < 1.29 is 9.53 Å². The second-order valence-electron chi connectivity index (χ2n) is 8.41. The molecule has 0 bridgehead atoms. The predicted molar refractivity (Wildman–Crippen MR) is 138 cm³/mol. The second kappa shape index (κ2) is 11.7. The summed E-state index contributed by atoms with van der Waals surface area (Å²) in [6.07, 6.45) is 3.85. The molecule has 4 rings (SSSR count). The summed E-state index contributed by atoms with van der Waals surface area (Å²) >= 11 is 5.88. The van der Waals surface area contributed by atoms with Gasteiger partial charge in [-0.1, -0.05) is 42.3 Å². The Labute approximate surface area is 205 Å². The fourth-order valence-corrected chi connectivity index (χ4v) is 4.14. The molecule has 1 heterocycles. The van der Waals surface area contributed by atoms with Crippen LogP contribution >= 0.6 is 11.6 Å². The topological polar surface area (TPSA) is 56.1 Å². The fourth-order valence-electron chi connectivity index (χ4n) is 4.02. The standard InChI is InChI=1S/C28H30ClN3O2/c1-21-8-7-9-24(20-21)34-19-18-32-26-11-5-4-10-25(26)31-27(32)12-3-2-6-17-30-28(33)22-13-15-23(29)16-14-22/h4-5,7-11,13-16,20H,2-3,6,12,17-19H2,1H3,(H,30,33). The summed E-state index contributed by atoms with van der Waals surface area (Å²) in [5.41, 5.74) is 3.98. The number of benzene rings is 3. The molecule has 0 aliphatic rings. The van der Waals surface area contributed by atoms with Crippen LogP contribution in [0.5, 0.6) is 5.75 Å². The van der Waals surface area contributed by atoms with Crippen molar-refractivity contribution in [3.63, 3.8) is 0 Å². The predicted octanol–water partition coefficient (Wildman–Crippen LogP) is 6.22. The Morgan fingerprint density at radius 1 is 1.00 bits per heavy atom. The highest BCUT2D eigenvalue weighted by molar-refractivity contribution is 6.30. The third kappa shape index (κ3) is 6.39. The minimum absolute atomic E-state index is 0.0629. The third-order valence-electron chi connectivity index (χ3n) is 5.78. The molecule has 0 spiro atoms. The summed E-state index contributed by atoms with van der Waals surface area (Å²) in [5.74, 6) is 1.91. The average molecular weight is 476 g/mol. The first kappa shape index (κ1) is 23.8. The number of amides is 1. The van der Waals surface area contributed by atoms with E-state index in [-0.39, 0.29) is 5.91 Å². The van der Waals surface area contributed by atoms with Crippen molar-refractivity contribution in [2.24, 2.45) is 0 Å². The molecule has 0 aliphatic carbocycles. The monoisotopic (exact) mass is 475 g/mol. The summed E-state index contributed by atoms with van der Waals surface area (Å²) in [6.45, 7) is 4.06. The van der Waals surface area contributed by atoms with Gasteiger partial charge in [0.15, 0.2) is 0 Å². The molecular formula is C28H30ClN3O2. The number of nitrogens with zero attached hydrogens (tertiary/aromatic N) is 2. The molecule has 0 unspecified atom stereocenters. The van der Waals surface area contributed by atoms with E-state index in [0.29, 0.717) is 23.7 Å². The molecule has 176 valence electrons. The zero-order valence-corrected chi connectivity index (χ0v) is 20.2. The number of rotatable bonds is 11. The van der Waals surface area contributed by atoms with E-state index in [4.69, 9.17) is 21.3 Å². The second-order valence-corrected chi connectivity index (χ2v) is 8.84. The van der Waals surface area contributed by atoms with Crippen LogP contribution in [0.4, 0.5) is 0 Å². The first-order valence-electron chi connectivity index (χ1n) is 11.8. The lowest BCUT2D eigenvalue weighted by Gasteiger charge is -2.11. The lowest BCUT2D eigenvalue weighted by molar-refractivity contribution is 0.0953. The molecule has 34 heavy (non-hydrogen) atoms. The number of ether oxygens (including phenoxy) is 1. The highest BCUT2D eigenvalue weighted by atomic mass is 35.5. The Bertz CT molecular complexity index is 1230. The van der Waals surface area contributed by atoms with E-state index in [1.807, 2.05) is 18.2 Å². The molecule has 0 fully saturated rings. The van der Waals surface area contributed by atoms with Crippen LogP contribution in [0.1, 0.15) is 41.0 Å². The molecule has 1 amide bonds. The SMILES string of the molecule is Cc1cccc(OCCn2c(CCCCCNC(=O)c3ccc(Cl)cc3)nc3ccccc32)c1. The molecule has 0 aliphatic heterocycles. The number of carbonyl (C=O) groups is 1. The quantitative estimate of drug-likeness (QED) is 0.262. The number of nitrogens with one attached hydrogen (secondary N) is 1. The van der Waals surface area contributed by atoms with Crippen LogP contribution in [0, 0.1) is 6.92 Å². The van der Waals surface area contributed by atoms with Crippen molar-refractivity contribution >= 4 is 28.5 Å². The summed E-state index contributed by atoms with van der Waals surface area (Å²) in [6, 6.07) is 23.3. The number of fused-ring (bicyclic) bond motifs is 1. The molecule has 0 atom stereocenters. The molecule has 5 nitrogen and oxygen atoms in total. The molecule has 4 aromatic rings. The number of aryl methyl sites for hydroxylation is 2. The number of imidazole rings is 1. The van der Waals surface area contributed by atoms with E-state index in [0.717, 1.165) is 54.8 Å². The van der Waals surface area contributed by atoms with Crippen molar-refractivity contribution in [2.75, 3.05) is 13.2 Å². The van der Waals surface area contributed by atoms with Gasteiger partial charge in [-0.05, 0) is 73.9 Å². The maximum Gasteiger partial charge on any atom is 0.251 e. The van der Waals surface area contributed by atoms with Crippen molar-refractivity contribution in [3.05, 3.63) is 94.8 Å². The van der Waals surface area contributed by atoms with Crippen LogP contribution in [0.3, 0.4) is 0 Å². The van der Waals surface area contributed by atoms with Gasteiger partial charge in [0.25, 0.3) is 5.91 Å². The van der Waals surface area contributed by atoms with Crippen LogP contribution in [0.15, 0.2) is 72.8 Å². The Kier molecular flexibility index (Phi) is 8.21. The van der Waals surface area contributed by atoms with E-state index in [1.165, 1.54) is 5.56 Å². The minimum Gasteiger partial charge on any atom is -0.492 e. The van der Waals surface area contributed by atoms with Gasteiger partial charge in [0.1, 0.15) is 18.2 Å². The lowest BCUT2D eigenvalue weighted by Crippen LogP contribution is -2.24. The number of halogens is 1. The van der Waals surface area contributed by atoms with E-state index in [9.17, 15) is 4.79 Å². The van der Waals surface area contributed by atoms with Gasteiger partial charge < -0.3 is 14.6 Å². The largest absolute Gasteiger partial charge is 0.492 e. The van der Waals surface area contributed by atoms with Gasteiger partial charge >= 0.3 is 0 Å². The van der Waals surface area contributed by atoms with Crippen molar-refractivity contribution in [3.8, 4) is 5.75 Å². The van der Waals surface area contributed by atoms with Gasteiger partial charge in [-0.2, -0.15) is 0 Å². The maximum absolute atomic E-state index is 12.2. The lowest BCUT2D eigenvalue weighted by atomic mass is 10.1. The fraction of sp³-hybridized carbons (Fsp3) is 0.286. The molecule has 0 saturated heterocycles. The highest BCUT2D eigenvalue weighted by Crippen LogP contribution is 2.19. The Hall–Kier alpha value is -3.31. The Morgan fingerprint density at radius 2 is 1.82 bits per heavy atom. The first-order valence-corrected chi connectivity index (χ1v) is 12.2. The zero-order valence-electron chi connectivity index (χ0n) is 19.5. The van der Waals surface area contributed by atoms with Crippen molar-refractivity contribution in [1.82, 2.24) is 14.9 Å². The van der Waals surface area contributed by atoms with Gasteiger partial charge in [0.05, 0.1) is 17.6 Å². The van der Waals surface area contributed by atoms with Crippen LogP contribution in [-0.2, 0) is 13.0 Å². The molecule has 3 aromatic carbocycles. The summed E-state index contributed by atoms with van der Waals surface area (Å²) in [4.78, 5) is 17.1. The molecular weight excluding hydrogens is 446 g/mol. The van der Waals surface area contributed by atoms with Gasteiger partial charge in [0, 0.05) is 23.6 Å². The van der Waals surface area contributed by atoms with Crippen LogP contribution in [0.25, 0.3) is 11.0 Å². The molecule has 0 saturated carbocycles. The highest BCUT2D eigenvalue weighted by Gasteiger charge is 2.11.